The van der Waals surface area contributed by atoms with Gasteiger partial charge in [-0.05, 0) is 206 Å². The quantitative estimate of drug-likeness (QED) is 0.141. The van der Waals surface area contributed by atoms with Gasteiger partial charge in [0.25, 0.3) is 0 Å². The first-order valence-electron chi connectivity index (χ1n) is 44.8. The van der Waals surface area contributed by atoms with E-state index in [0.717, 1.165) is 167 Å². The maximum atomic E-state index is 9.68. The van der Waals surface area contributed by atoms with E-state index in [2.05, 4.69) is 408 Å². The summed E-state index contributed by atoms with van der Waals surface area (Å²) in [5.41, 5.74) is 29.1. The zero-order valence-corrected chi connectivity index (χ0v) is 71.6. The van der Waals surface area contributed by atoms with E-state index in [0.29, 0.717) is 22.6 Å². The summed E-state index contributed by atoms with van der Waals surface area (Å²) in [5, 5.41) is 30.7. The van der Waals surface area contributed by atoms with Crippen molar-refractivity contribution in [3.63, 3.8) is 0 Å². The summed E-state index contributed by atoms with van der Waals surface area (Å²) in [6.07, 6.45) is 1.92. The van der Waals surface area contributed by atoms with Crippen LogP contribution >= 0.6 is 0 Å². The normalized spacial score (nSPS) is 12.5. The maximum absolute atomic E-state index is 9.68. The second kappa shape index (κ2) is 28.9. The van der Waals surface area contributed by atoms with Crippen molar-refractivity contribution in [3.8, 4) is 96.4 Å². The number of hydrogen-bond acceptors (Lipinski definition) is 7. The van der Waals surface area contributed by atoms with E-state index in [9.17, 15) is 5.26 Å². The average Bonchev–Trinajstić information content (AvgIpc) is 1.54. The third-order valence-corrected chi connectivity index (χ3v) is 27.6. The fourth-order valence-corrected chi connectivity index (χ4v) is 21.5. The minimum Gasteiger partial charge on any atom is -0.452 e. The lowest BCUT2D eigenvalue weighted by molar-refractivity contribution is 0.636. The Labute approximate surface area is 756 Å². The minimum atomic E-state index is -0.351. The van der Waals surface area contributed by atoms with Crippen molar-refractivity contribution in [1.82, 2.24) is 43.2 Å². The number of nitriles is 1. The summed E-state index contributed by atoms with van der Waals surface area (Å²) in [4.78, 5) is 27.7. The van der Waals surface area contributed by atoms with Crippen LogP contribution in [-0.2, 0) is 5.41 Å². The van der Waals surface area contributed by atoms with Gasteiger partial charge in [0.15, 0.2) is 11.4 Å². The molecule has 0 bridgehead atoms. The van der Waals surface area contributed by atoms with E-state index in [1.807, 2.05) is 42.6 Å². The van der Waals surface area contributed by atoms with Crippen LogP contribution in [0.25, 0.3) is 254 Å². The molecule has 8 heterocycles. The fourth-order valence-electron chi connectivity index (χ4n) is 21.5. The highest BCUT2D eigenvalue weighted by molar-refractivity contribution is 6.24. The molecule has 0 saturated heterocycles. The second-order valence-corrected chi connectivity index (χ2v) is 35.2. The first-order chi connectivity index (χ1) is 65.2. The molecule has 1 aliphatic carbocycles. The largest absolute Gasteiger partial charge is 0.452 e. The monoisotopic (exact) mass is 1680 g/mol. The van der Waals surface area contributed by atoms with Crippen LogP contribution in [0.15, 0.2) is 417 Å². The molecule has 0 N–H and O–H groups in total. The minimum absolute atomic E-state index is 0.351. The molecule has 0 aliphatic heterocycles. The van der Waals surface area contributed by atoms with Crippen molar-refractivity contribution in [2.75, 3.05) is 0 Å². The Kier molecular flexibility index (Phi) is 16.3. The van der Waals surface area contributed by atoms with Gasteiger partial charge in [0, 0.05) is 116 Å². The van der Waals surface area contributed by atoms with Gasteiger partial charge >= 0.3 is 0 Å². The number of furan rings is 1. The summed E-state index contributed by atoms with van der Waals surface area (Å²) < 4.78 is 16.5. The molecule has 27 aromatic rings. The van der Waals surface area contributed by atoms with Crippen molar-refractivity contribution < 1.29 is 4.42 Å². The Hall–Kier alpha value is -17.7. The predicted octanol–water partition coefficient (Wildman–Crippen LogP) is 30.9. The third kappa shape index (κ3) is 11.3. The van der Waals surface area contributed by atoms with E-state index in [1.165, 1.54) is 81.1 Å². The van der Waals surface area contributed by atoms with Crippen LogP contribution < -0.4 is 0 Å². The van der Waals surface area contributed by atoms with Gasteiger partial charge in [-0.1, -0.05) is 269 Å². The molecule has 0 amide bonds. The van der Waals surface area contributed by atoms with E-state index in [4.69, 9.17) is 29.3 Å². The second-order valence-electron chi connectivity index (χ2n) is 35.2. The average molecular weight is 1680 g/mol. The first kappa shape index (κ1) is 74.5. The van der Waals surface area contributed by atoms with Crippen LogP contribution in [0, 0.1) is 11.3 Å². The van der Waals surface area contributed by atoms with E-state index in [-0.39, 0.29) is 5.41 Å². The van der Waals surface area contributed by atoms with Crippen LogP contribution in [0.4, 0.5) is 0 Å². The van der Waals surface area contributed by atoms with E-state index in [1.54, 1.807) is 0 Å². The van der Waals surface area contributed by atoms with E-state index >= 15 is 0 Å². The first-order valence-corrected chi connectivity index (χ1v) is 44.8. The van der Waals surface area contributed by atoms with Crippen LogP contribution in [0.2, 0.25) is 0 Å². The molecule has 0 saturated carbocycles. The smallest absolute Gasteiger partial charge is 0.180 e. The maximum Gasteiger partial charge on any atom is 0.180 e. The number of pyridine rings is 1. The van der Waals surface area contributed by atoms with Gasteiger partial charge in [-0.15, -0.1) is 0 Å². The van der Waals surface area contributed by atoms with Crippen LogP contribution in [-0.4, -0.2) is 43.2 Å². The van der Waals surface area contributed by atoms with Crippen LogP contribution in [0.3, 0.4) is 0 Å². The van der Waals surface area contributed by atoms with Gasteiger partial charge < -0.3 is 22.7 Å². The number of benzene rings is 19. The molecule has 28 rings (SSSR count). The SMILES string of the molecule is CC1(C)c2ccccc2-c2nc(-c3ccc(-n4c5cc6ccccc6cc5c5cc6ccccc6cc54)c4ncccc34)c(-c3cccc4c3c3ccccc3n4-c3ccccc3)nc21.N#Cc1cccc(-c2ccc3c(c2)oc2c(-c4cccc5c4c4ccccc4n5-c4ccccc4)nc(-c4ccc(-n5c6cc7ccccc7cc6c6ccc7ccccc7c65)cc4)nc23)c1. The van der Waals surface area contributed by atoms with Crippen molar-refractivity contribution in [1.29, 1.82) is 5.26 Å². The molecule has 11 heteroatoms. The Morgan fingerprint density at radius 1 is 0.288 bits per heavy atom. The lowest BCUT2D eigenvalue weighted by Gasteiger charge is -2.22. The predicted molar refractivity (Wildman–Crippen MR) is 543 cm³/mol. The molecule has 11 nitrogen and oxygen atoms in total. The van der Waals surface area contributed by atoms with Crippen molar-refractivity contribution in [2.45, 2.75) is 19.3 Å². The zero-order chi connectivity index (χ0) is 87.1. The lowest BCUT2D eigenvalue weighted by Crippen LogP contribution is -2.17. The highest BCUT2D eigenvalue weighted by Crippen LogP contribution is 2.53. The summed E-state index contributed by atoms with van der Waals surface area (Å²) in [5.74, 6) is 0.602. The molecule has 1 aliphatic rings. The summed E-state index contributed by atoms with van der Waals surface area (Å²) in [7, 11) is 0. The van der Waals surface area contributed by atoms with Gasteiger partial charge in [0.05, 0.1) is 89.7 Å². The summed E-state index contributed by atoms with van der Waals surface area (Å²) in [6, 6.07) is 147. The topological polar surface area (TPSA) is 121 Å². The van der Waals surface area contributed by atoms with Gasteiger partial charge in [-0.2, -0.15) is 5.26 Å². The number of para-hydroxylation sites is 4. The highest BCUT2D eigenvalue weighted by atomic mass is 16.3. The summed E-state index contributed by atoms with van der Waals surface area (Å²) >= 11 is 0. The standard InChI is InChI=1S/C61H35N5O.C60H39N5/c62-36-37-12-10-16-40(32-37)43-27-31-49-55(35-43)67-60-57(49)63-61(64-58(60)50-21-11-23-53-56(50)48-20-8-9-22-52(48)65(53)44-17-2-1-3-18-44)39-24-28-45(29-25-39)66-54-34-42-15-5-4-14-41(42)33-51(54)47-30-26-38-13-6-7-19-46(38)59(47)66;1-60(2)48-26-12-10-22-43(48)58-59(60)63-57(45-24-14-28-50-54(45)44-23-11-13-27-49(44)64(50)40-20-4-3-5-21-40)56(62-58)42-29-30-51(55-41(42)25-15-31-61-55)65-52-34-38-18-8-6-16-36(38)32-46(52)47-33-37-17-7-9-19-39(37)35-53(47)65/h1-35H;3-35H,1-2H3. The number of rotatable bonds is 9. The molecule has 0 unspecified atom stereocenters. The van der Waals surface area contributed by atoms with Crippen molar-refractivity contribution in [3.05, 3.63) is 429 Å². The van der Waals surface area contributed by atoms with Gasteiger partial charge in [-0.25, -0.2) is 19.9 Å². The van der Waals surface area contributed by atoms with Gasteiger partial charge in [-0.3, -0.25) is 4.98 Å². The van der Waals surface area contributed by atoms with Gasteiger partial charge in [0.2, 0.25) is 0 Å². The molecular weight excluding hydrogens is 1610 g/mol. The Morgan fingerprint density at radius 3 is 1.42 bits per heavy atom. The fraction of sp³-hybridized carbons (Fsp3) is 0.0248. The van der Waals surface area contributed by atoms with E-state index < -0.39 is 0 Å². The Bertz CT molecular complexity index is 9570. The molecule has 0 fully saturated rings. The molecular formula is C121H74N10O. The molecule has 8 aromatic heterocycles. The molecule has 0 atom stereocenters. The molecule has 614 valence electrons. The zero-order valence-electron chi connectivity index (χ0n) is 71.6. The Morgan fingerprint density at radius 2 is 0.780 bits per heavy atom. The number of aromatic nitrogens is 9. The molecule has 19 aromatic carbocycles. The van der Waals surface area contributed by atoms with Crippen LogP contribution in [0.1, 0.15) is 30.7 Å². The van der Waals surface area contributed by atoms with Crippen molar-refractivity contribution >= 4 is 163 Å². The molecule has 0 spiro atoms. The summed E-state index contributed by atoms with van der Waals surface area (Å²) in [6.45, 7) is 4.56. The lowest BCUT2D eigenvalue weighted by atomic mass is 9.85. The highest BCUT2D eigenvalue weighted by Gasteiger charge is 2.40. The number of hydrogen-bond donors (Lipinski definition) is 0. The van der Waals surface area contributed by atoms with Crippen molar-refractivity contribution in [2.24, 2.45) is 0 Å². The number of fused-ring (bicyclic) bond motifs is 24. The molecule has 132 heavy (non-hydrogen) atoms. The Balaban J connectivity index is 0.000000135. The van der Waals surface area contributed by atoms with Crippen LogP contribution in [0.5, 0.6) is 0 Å². The molecule has 0 radical (unpaired) electrons. The van der Waals surface area contributed by atoms with Gasteiger partial charge in [0.1, 0.15) is 16.8 Å². The number of nitrogens with zero attached hydrogens (tertiary/aromatic N) is 10. The third-order valence-electron chi connectivity index (χ3n) is 27.6.